The lowest BCUT2D eigenvalue weighted by atomic mass is 9.74. The van der Waals surface area contributed by atoms with Crippen LogP contribution < -0.4 is 0 Å². The molecule has 0 amide bonds. The van der Waals surface area contributed by atoms with Crippen LogP contribution in [0.3, 0.4) is 0 Å². The van der Waals surface area contributed by atoms with E-state index in [1.165, 1.54) is 0 Å². The lowest BCUT2D eigenvalue weighted by molar-refractivity contribution is -0.167. The Morgan fingerprint density at radius 2 is 0.759 bits per heavy atom. The van der Waals surface area contributed by atoms with Gasteiger partial charge in [0.1, 0.15) is 24.4 Å². The summed E-state index contributed by atoms with van der Waals surface area (Å²) >= 11 is 0. The Kier molecular flexibility index (Phi) is 15.6. The van der Waals surface area contributed by atoms with E-state index in [0.29, 0.717) is 12.8 Å². The van der Waals surface area contributed by atoms with Gasteiger partial charge in [-0.25, -0.2) is 9.59 Å². The first-order valence-corrected chi connectivity index (χ1v) is 19.3. The minimum Gasteiger partial charge on any atom is -0.461 e. The van der Waals surface area contributed by atoms with Gasteiger partial charge in [-0.2, -0.15) is 0 Å². The van der Waals surface area contributed by atoms with E-state index in [9.17, 15) is 19.2 Å². The van der Waals surface area contributed by atoms with Gasteiger partial charge in [-0.1, -0.05) is 156 Å². The molecule has 8 heteroatoms. The maximum absolute atomic E-state index is 14.2. The molecular weight excluding hydrogens is 680 g/mol. The third kappa shape index (κ3) is 11.5. The van der Waals surface area contributed by atoms with Crippen molar-refractivity contribution in [1.29, 1.82) is 0 Å². The Bertz CT molecular complexity index is 1550. The second kappa shape index (κ2) is 19.2. The van der Waals surface area contributed by atoms with Gasteiger partial charge >= 0.3 is 23.9 Å². The third-order valence-electron chi connectivity index (χ3n) is 10.2. The van der Waals surface area contributed by atoms with Gasteiger partial charge in [0.25, 0.3) is 0 Å². The summed E-state index contributed by atoms with van der Waals surface area (Å²) < 4.78 is 24.9. The van der Waals surface area contributed by atoms with Crippen molar-refractivity contribution in [2.24, 2.45) is 34.5 Å². The van der Waals surface area contributed by atoms with E-state index < -0.39 is 47.2 Å². The lowest BCUT2D eigenvalue weighted by Gasteiger charge is -2.42. The Balaban J connectivity index is 1.95. The first kappa shape index (κ1) is 43.9. The van der Waals surface area contributed by atoms with Crippen LogP contribution in [0.5, 0.6) is 0 Å². The fourth-order valence-corrected chi connectivity index (χ4v) is 6.98. The molecule has 0 aliphatic carbocycles. The molecule has 0 aliphatic rings. The summed E-state index contributed by atoms with van der Waals surface area (Å²) in [4.78, 5) is 54.2. The number of carbonyl (C=O) groups is 4. The van der Waals surface area contributed by atoms with Gasteiger partial charge in [-0.15, -0.1) is 0 Å². The number of benzene rings is 3. The maximum Gasteiger partial charge on any atom is 0.339 e. The smallest absolute Gasteiger partial charge is 0.339 e. The van der Waals surface area contributed by atoms with E-state index in [1.54, 1.807) is 52.0 Å². The minimum atomic E-state index is -0.826. The average molecular weight is 743 g/mol. The summed E-state index contributed by atoms with van der Waals surface area (Å²) in [6.07, 6.45) is -1.75. The van der Waals surface area contributed by atoms with Gasteiger partial charge < -0.3 is 18.9 Å². The number of esters is 4. The predicted molar refractivity (Wildman–Crippen MR) is 212 cm³/mol. The molecule has 0 spiro atoms. The molecule has 0 radical (unpaired) electrons. The summed E-state index contributed by atoms with van der Waals surface area (Å²) in [5.41, 5.74) is 0.454. The van der Waals surface area contributed by atoms with Crippen LogP contribution in [0.2, 0.25) is 0 Å². The molecule has 0 fully saturated rings. The molecule has 0 aromatic heterocycles. The highest BCUT2D eigenvalue weighted by Crippen LogP contribution is 2.39. The molecule has 294 valence electrons. The second-order valence-electron chi connectivity index (χ2n) is 16.9. The van der Waals surface area contributed by atoms with Crippen molar-refractivity contribution in [1.82, 2.24) is 0 Å². The molecule has 0 bridgehead atoms. The summed E-state index contributed by atoms with van der Waals surface area (Å²) in [6, 6.07) is 26.0. The van der Waals surface area contributed by atoms with Crippen LogP contribution in [0.4, 0.5) is 0 Å². The molecule has 54 heavy (non-hydrogen) atoms. The minimum absolute atomic E-state index is 0.0649. The van der Waals surface area contributed by atoms with Crippen LogP contribution in [-0.2, 0) is 41.4 Å². The normalized spacial score (nSPS) is 14.4. The Morgan fingerprint density at radius 3 is 1.04 bits per heavy atom. The van der Waals surface area contributed by atoms with Crippen molar-refractivity contribution in [3.8, 4) is 0 Å². The number of hydrogen-bond donors (Lipinski definition) is 0. The molecule has 3 aromatic carbocycles. The number of rotatable bonds is 18. The molecule has 3 aromatic rings. The van der Waals surface area contributed by atoms with Crippen LogP contribution in [0.25, 0.3) is 0 Å². The second-order valence-corrected chi connectivity index (χ2v) is 16.9. The van der Waals surface area contributed by atoms with Crippen molar-refractivity contribution in [2.75, 3.05) is 0 Å². The average Bonchev–Trinajstić information content (AvgIpc) is 3.12. The summed E-state index contributed by atoms with van der Waals surface area (Å²) in [6.45, 7) is 22.8. The molecule has 3 rings (SSSR count). The highest BCUT2D eigenvalue weighted by molar-refractivity contribution is 6.03. The number of carbonyl (C=O) groups excluding carboxylic acids is 4. The summed E-state index contributed by atoms with van der Waals surface area (Å²) in [7, 11) is 0. The van der Waals surface area contributed by atoms with Crippen molar-refractivity contribution < 1.29 is 38.1 Å². The zero-order valence-corrected chi connectivity index (χ0v) is 34.4. The van der Waals surface area contributed by atoms with Crippen LogP contribution in [0, 0.1) is 34.5 Å². The molecule has 8 nitrogen and oxygen atoms in total. The fraction of sp³-hybridized carbons (Fsp3) is 0.522. The van der Waals surface area contributed by atoms with Crippen molar-refractivity contribution in [3.05, 3.63) is 107 Å². The molecule has 4 unspecified atom stereocenters. The molecule has 0 saturated heterocycles. The van der Waals surface area contributed by atoms with Gasteiger partial charge in [0, 0.05) is 23.7 Å². The quantitative estimate of drug-likeness (QED) is 0.0938. The van der Waals surface area contributed by atoms with E-state index in [0.717, 1.165) is 11.1 Å². The standard InChI is InChI=1S/C46H62O8/c1-29(2)39(45(9,10)37(51-41(47)31(5)6)27-33-21-15-13-16-22-33)53-43(49)35-25-19-20-26-36(35)44(50)54-40(30(3)4)46(11,12)38(52-42(48)32(7)8)28-34-23-17-14-18-24-34/h13-26,29-32,37-40H,27-28H2,1-12H3. The van der Waals surface area contributed by atoms with Crippen molar-refractivity contribution in [2.45, 2.75) is 120 Å². The fourth-order valence-electron chi connectivity index (χ4n) is 6.98. The van der Waals surface area contributed by atoms with Crippen molar-refractivity contribution >= 4 is 23.9 Å². The Morgan fingerprint density at radius 1 is 0.463 bits per heavy atom. The van der Waals surface area contributed by atoms with E-state index in [2.05, 4.69) is 0 Å². The molecule has 4 atom stereocenters. The van der Waals surface area contributed by atoms with E-state index >= 15 is 0 Å². The van der Waals surface area contributed by atoms with Crippen LogP contribution in [0.1, 0.15) is 115 Å². The monoisotopic (exact) mass is 742 g/mol. The first-order chi connectivity index (χ1) is 25.3. The molecule has 0 heterocycles. The molecule has 0 aliphatic heterocycles. The van der Waals surface area contributed by atoms with Gasteiger partial charge in [0.2, 0.25) is 0 Å². The molecule has 0 saturated carbocycles. The Labute approximate surface area is 323 Å². The first-order valence-electron chi connectivity index (χ1n) is 19.3. The van der Waals surface area contributed by atoms with Crippen LogP contribution in [0.15, 0.2) is 84.9 Å². The van der Waals surface area contributed by atoms with Gasteiger partial charge in [0.15, 0.2) is 0 Å². The van der Waals surface area contributed by atoms with E-state index in [1.807, 2.05) is 116 Å². The summed E-state index contributed by atoms with van der Waals surface area (Å²) in [5.74, 6) is -3.05. The number of hydrogen-bond acceptors (Lipinski definition) is 8. The van der Waals surface area contributed by atoms with Gasteiger partial charge in [-0.05, 0) is 35.1 Å². The Hall–Kier alpha value is -4.46. The molecule has 0 N–H and O–H groups in total. The topological polar surface area (TPSA) is 105 Å². The highest BCUT2D eigenvalue weighted by Gasteiger charge is 2.46. The number of ether oxygens (including phenoxy) is 4. The largest absolute Gasteiger partial charge is 0.461 e. The van der Waals surface area contributed by atoms with Gasteiger partial charge in [-0.3, -0.25) is 9.59 Å². The molecular formula is C46H62O8. The highest BCUT2D eigenvalue weighted by atomic mass is 16.6. The maximum atomic E-state index is 14.2. The van der Waals surface area contributed by atoms with E-state index in [4.69, 9.17) is 18.9 Å². The predicted octanol–water partition coefficient (Wildman–Crippen LogP) is 9.72. The lowest BCUT2D eigenvalue weighted by Crippen LogP contribution is -2.49. The summed E-state index contributed by atoms with van der Waals surface area (Å²) in [5, 5.41) is 0. The van der Waals surface area contributed by atoms with Crippen LogP contribution >= 0.6 is 0 Å². The van der Waals surface area contributed by atoms with E-state index in [-0.39, 0.29) is 46.7 Å². The zero-order chi connectivity index (χ0) is 40.4. The SMILES string of the molecule is CC(C)C(=O)OC(Cc1ccccc1)C(C)(C)C(OC(=O)c1ccccc1C(=O)OC(C(C)C)C(C)(C)C(Cc1ccccc1)OC(=O)C(C)C)C(C)C. The van der Waals surface area contributed by atoms with Gasteiger partial charge in [0.05, 0.1) is 23.0 Å². The zero-order valence-electron chi connectivity index (χ0n) is 34.4. The van der Waals surface area contributed by atoms with Crippen LogP contribution in [-0.4, -0.2) is 48.3 Å². The third-order valence-corrected chi connectivity index (χ3v) is 10.2. The van der Waals surface area contributed by atoms with Crippen molar-refractivity contribution in [3.63, 3.8) is 0 Å².